The van der Waals surface area contributed by atoms with Crippen molar-refractivity contribution in [1.82, 2.24) is 9.80 Å². The van der Waals surface area contributed by atoms with Gasteiger partial charge in [0.1, 0.15) is 15.8 Å². The van der Waals surface area contributed by atoms with Crippen LogP contribution < -0.4 is 0 Å². The number of nitrogens with zero attached hydrogens (tertiary/aromatic N) is 2. The molecular formula is C16H18N2O3S2. The van der Waals surface area contributed by atoms with Gasteiger partial charge < -0.3 is 10.0 Å². The summed E-state index contributed by atoms with van der Waals surface area (Å²) in [5, 5.41) is 8.96. The Hall–Kier alpha value is -1.86. The van der Waals surface area contributed by atoms with Gasteiger partial charge in [0.25, 0.3) is 5.91 Å². The van der Waals surface area contributed by atoms with Crippen molar-refractivity contribution in [3.63, 3.8) is 0 Å². The third kappa shape index (κ3) is 3.73. The Morgan fingerprint density at radius 3 is 2.39 bits per heavy atom. The Labute approximate surface area is 145 Å². The number of thiocarbonyl (C=S) groups is 1. The van der Waals surface area contributed by atoms with Crippen molar-refractivity contribution in [1.29, 1.82) is 0 Å². The van der Waals surface area contributed by atoms with E-state index in [4.69, 9.17) is 17.3 Å². The average molecular weight is 350 g/mol. The Kier molecular flexibility index (Phi) is 5.79. The molecule has 2 rings (SSSR count). The fourth-order valence-electron chi connectivity index (χ4n) is 2.41. The molecule has 1 fully saturated rings. The molecule has 1 amide bonds. The molecule has 5 nitrogen and oxygen atoms in total. The number of carboxylic acid groups (broad SMARTS) is 1. The molecule has 0 saturated carbocycles. The van der Waals surface area contributed by atoms with Gasteiger partial charge in [0.2, 0.25) is 0 Å². The molecular weight excluding hydrogens is 332 g/mol. The second-order valence-corrected chi connectivity index (χ2v) is 6.51. The number of rotatable bonds is 6. The number of benzene rings is 1. The smallest absolute Gasteiger partial charge is 0.323 e. The van der Waals surface area contributed by atoms with Crippen LogP contribution in [-0.4, -0.2) is 50.7 Å². The summed E-state index contributed by atoms with van der Waals surface area (Å²) in [6, 6.07) is 9.63. The van der Waals surface area contributed by atoms with E-state index in [0.717, 1.165) is 29.2 Å². The number of hydrogen-bond donors (Lipinski definition) is 1. The van der Waals surface area contributed by atoms with Gasteiger partial charge in [-0.15, -0.1) is 0 Å². The van der Waals surface area contributed by atoms with Crippen molar-refractivity contribution >= 4 is 45.9 Å². The molecule has 122 valence electrons. The molecule has 0 aromatic heterocycles. The normalized spacial score (nSPS) is 16.7. The lowest BCUT2D eigenvalue weighted by atomic mass is 10.1. The van der Waals surface area contributed by atoms with E-state index in [0.29, 0.717) is 4.91 Å². The van der Waals surface area contributed by atoms with E-state index in [-0.39, 0.29) is 10.2 Å². The number of carbonyl (C=O) groups is 2. The molecule has 0 radical (unpaired) electrons. The van der Waals surface area contributed by atoms with E-state index in [1.165, 1.54) is 11.8 Å². The molecule has 1 aliphatic rings. The first-order valence-electron chi connectivity index (χ1n) is 7.29. The monoisotopic (exact) mass is 350 g/mol. The van der Waals surface area contributed by atoms with Gasteiger partial charge >= 0.3 is 5.97 Å². The maximum Gasteiger partial charge on any atom is 0.323 e. The highest BCUT2D eigenvalue weighted by molar-refractivity contribution is 8.26. The van der Waals surface area contributed by atoms with Gasteiger partial charge in [0.05, 0.1) is 5.70 Å². The Morgan fingerprint density at radius 2 is 1.87 bits per heavy atom. The quantitative estimate of drug-likeness (QED) is 0.629. The van der Waals surface area contributed by atoms with Crippen molar-refractivity contribution in [3.05, 3.63) is 40.8 Å². The van der Waals surface area contributed by atoms with Crippen molar-refractivity contribution in [3.8, 4) is 0 Å². The highest BCUT2D eigenvalue weighted by atomic mass is 32.2. The molecule has 1 aromatic carbocycles. The fourth-order valence-corrected chi connectivity index (χ4v) is 3.78. The zero-order valence-electron chi connectivity index (χ0n) is 13.0. The van der Waals surface area contributed by atoms with Crippen molar-refractivity contribution in [2.45, 2.75) is 13.8 Å². The molecule has 0 unspecified atom stereocenters. The standard InChI is InChI=1S/C16H18N2O3S2/c1-3-17(4-2)13(11-8-6-5-7-9-11)14-15(21)18(10-12(19)20)16(22)23-14/h5-9H,3-4,10H2,1-2H3,(H,19,20). The SMILES string of the molecule is CCN(CC)C(=C1SC(=S)N(CC(=O)O)C1=O)c1ccccc1. The van der Waals surface area contributed by atoms with Crippen LogP contribution in [0.5, 0.6) is 0 Å². The summed E-state index contributed by atoms with van der Waals surface area (Å²) in [6.07, 6.45) is 0. The van der Waals surface area contributed by atoms with Gasteiger partial charge in [-0.25, -0.2) is 0 Å². The third-order valence-corrected chi connectivity index (χ3v) is 4.92. The predicted octanol–water partition coefficient (Wildman–Crippen LogP) is 2.64. The van der Waals surface area contributed by atoms with Crippen molar-refractivity contribution in [2.24, 2.45) is 0 Å². The maximum atomic E-state index is 12.7. The zero-order valence-corrected chi connectivity index (χ0v) is 14.6. The highest BCUT2D eigenvalue weighted by Crippen LogP contribution is 2.38. The first kappa shape index (κ1) is 17.5. The molecule has 1 saturated heterocycles. The van der Waals surface area contributed by atoms with Gasteiger partial charge in [0.15, 0.2) is 0 Å². The summed E-state index contributed by atoms with van der Waals surface area (Å²) in [7, 11) is 0. The first-order chi connectivity index (χ1) is 11.0. The molecule has 1 aliphatic heterocycles. The topological polar surface area (TPSA) is 60.9 Å². The fraction of sp³-hybridized carbons (Fsp3) is 0.312. The number of hydrogen-bond acceptors (Lipinski definition) is 5. The third-order valence-electron chi connectivity index (χ3n) is 3.48. The minimum absolute atomic E-state index is 0.285. The molecule has 1 heterocycles. The van der Waals surface area contributed by atoms with Crippen LogP contribution in [0.4, 0.5) is 0 Å². The van der Waals surface area contributed by atoms with Gasteiger partial charge in [-0.1, -0.05) is 54.3 Å². The maximum absolute atomic E-state index is 12.7. The summed E-state index contributed by atoms with van der Waals surface area (Å²) in [6.45, 7) is 5.11. The molecule has 23 heavy (non-hydrogen) atoms. The van der Waals surface area contributed by atoms with E-state index in [9.17, 15) is 9.59 Å². The predicted molar refractivity (Wildman–Crippen MR) is 95.8 cm³/mol. The van der Waals surface area contributed by atoms with Crippen molar-refractivity contribution < 1.29 is 14.7 Å². The number of aliphatic carboxylic acids is 1. The molecule has 1 N–H and O–H groups in total. The second kappa shape index (κ2) is 7.61. The summed E-state index contributed by atoms with van der Waals surface area (Å²) in [4.78, 5) is 27.3. The first-order valence-corrected chi connectivity index (χ1v) is 8.52. The molecule has 0 bridgehead atoms. The van der Waals surface area contributed by atoms with E-state index in [1.54, 1.807) is 0 Å². The van der Waals surface area contributed by atoms with Crippen molar-refractivity contribution in [2.75, 3.05) is 19.6 Å². The van der Waals surface area contributed by atoms with E-state index < -0.39 is 12.5 Å². The number of carbonyl (C=O) groups excluding carboxylic acids is 1. The van der Waals surface area contributed by atoms with Crippen LogP contribution in [0.25, 0.3) is 5.70 Å². The molecule has 1 aromatic rings. The Morgan fingerprint density at radius 1 is 1.26 bits per heavy atom. The Bertz CT molecular complexity index is 655. The van der Waals surface area contributed by atoms with Crippen LogP contribution in [0.2, 0.25) is 0 Å². The minimum atomic E-state index is -1.08. The van der Waals surface area contributed by atoms with Crippen LogP contribution in [-0.2, 0) is 9.59 Å². The van der Waals surface area contributed by atoms with E-state index in [1.807, 2.05) is 44.2 Å². The van der Waals surface area contributed by atoms with Gasteiger partial charge in [0, 0.05) is 13.1 Å². The second-order valence-electron chi connectivity index (χ2n) is 4.87. The number of thioether (sulfide) groups is 1. The van der Waals surface area contributed by atoms with Gasteiger partial charge in [-0.2, -0.15) is 0 Å². The number of carboxylic acids is 1. The summed E-state index contributed by atoms with van der Waals surface area (Å²) < 4.78 is 0.285. The summed E-state index contributed by atoms with van der Waals surface area (Å²) >= 11 is 6.36. The van der Waals surface area contributed by atoms with E-state index in [2.05, 4.69) is 4.90 Å². The van der Waals surface area contributed by atoms with Crippen LogP contribution in [0.15, 0.2) is 35.2 Å². The molecule has 0 spiro atoms. The highest BCUT2D eigenvalue weighted by Gasteiger charge is 2.36. The van der Waals surface area contributed by atoms with Crippen LogP contribution in [0.3, 0.4) is 0 Å². The lowest BCUT2D eigenvalue weighted by molar-refractivity contribution is -0.140. The Balaban J connectivity index is 2.53. The van der Waals surface area contributed by atoms with Crippen LogP contribution >= 0.6 is 24.0 Å². The molecule has 0 aliphatic carbocycles. The largest absolute Gasteiger partial charge is 0.480 e. The molecule has 0 atom stereocenters. The van der Waals surface area contributed by atoms with Crippen LogP contribution in [0.1, 0.15) is 19.4 Å². The lowest BCUT2D eigenvalue weighted by Crippen LogP contribution is -2.34. The summed E-state index contributed by atoms with van der Waals surface area (Å²) in [5.74, 6) is -1.42. The van der Waals surface area contributed by atoms with E-state index >= 15 is 0 Å². The van der Waals surface area contributed by atoms with Gasteiger partial charge in [-0.3, -0.25) is 14.5 Å². The number of amides is 1. The lowest BCUT2D eigenvalue weighted by Gasteiger charge is -2.26. The average Bonchev–Trinajstić information content (AvgIpc) is 2.80. The zero-order chi connectivity index (χ0) is 17.0. The minimum Gasteiger partial charge on any atom is -0.480 e. The van der Waals surface area contributed by atoms with Gasteiger partial charge in [-0.05, 0) is 19.4 Å². The summed E-state index contributed by atoms with van der Waals surface area (Å²) in [5.41, 5.74) is 1.73. The van der Waals surface area contributed by atoms with Crippen LogP contribution in [0, 0.1) is 0 Å². The molecule has 7 heteroatoms.